The SMILES string of the molecule is CCNC(=NCCCOC(C)c1ccccc1)N1CCC(OCCCOC)CC1.I. The van der Waals surface area contributed by atoms with Gasteiger partial charge >= 0.3 is 0 Å². The number of halogens is 1. The van der Waals surface area contributed by atoms with Crippen LogP contribution in [-0.4, -0.2) is 70.1 Å². The van der Waals surface area contributed by atoms with Crippen LogP contribution in [0.25, 0.3) is 0 Å². The van der Waals surface area contributed by atoms with E-state index in [1.165, 1.54) is 5.56 Å². The molecule has 0 bridgehead atoms. The Hall–Kier alpha value is -0.900. The Kier molecular flexibility index (Phi) is 15.2. The molecule has 0 aromatic heterocycles. The molecule has 7 heteroatoms. The minimum absolute atomic E-state index is 0. The van der Waals surface area contributed by atoms with Crippen LogP contribution < -0.4 is 5.32 Å². The van der Waals surface area contributed by atoms with Crippen LogP contribution in [0.15, 0.2) is 35.3 Å². The van der Waals surface area contributed by atoms with Gasteiger partial charge in [0.1, 0.15) is 0 Å². The van der Waals surface area contributed by atoms with E-state index in [1.807, 2.05) is 6.07 Å². The average molecular weight is 533 g/mol. The molecule has 1 heterocycles. The Bertz CT molecular complexity index is 566. The Morgan fingerprint density at radius 2 is 1.87 bits per heavy atom. The monoisotopic (exact) mass is 533 g/mol. The second-order valence-corrected chi connectivity index (χ2v) is 7.42. The molecule has 1 aromatic carbocycles. The van der Waals surface area contributed by atoms with Gasteiger partial charge in [-0.25, -0.2) is 0 Å². The van der Waals surface area contributed by atoms with Crippen molar-refractivity contribution in [1.29, 1.82) is 0 Å². The highest BCUT2D eigenvalue weighted by Gasteiger charge is 2.21. The number of nitrogens with one attached hydrogen (secondary N) is 1. The minimum Gasteiger partial charge on any atom is -0.385 e. The fourth-order valence-electron chi connectivity index (χ4n) is 3.44. The maximum Gasteiger partial charge on any atom is 0.193 e. The zero-order valence-corrected chi connectivity index (χ0v) is 21.2. The van der Waals surface area contributed by atoms with Crippen molar-refractivity contribution in [3.05, 3.63) is 35.9 Å². The van der Waals surface area contributed by atoms with Crippen molar-refractivity contribution in [3.8, 4) is 0 Å². The quantitative estimate of drug-likeness (QED) is 0.189. The van der Waals surface area contributed by atoms with E-state index < -0.39 is 0 Å². The Balaban J connectivity index is 0.00000450. The molecule has 1 saturated heterocycles. The van der Waals surface area contributed by atoms with Crippen molar-refractivity contribution >= 4 is 29.9 Å². The van der Waals surface area contributed by atoms with Gasteiger partial charge in [0, 0.05) is 53.1 Å². The van der Waals surface area contributed by atoms with Crippen molar-refractivity contribution in [1.82, 2.24) is 10.2 Å². The lowest BCUT2D eigenvalue weighted by Crippen LogP contribution is -2.47. The van der Waals surface area contributed by atoms with Gasteiger partial charge in [-0.05, 0) is 45.1 Å². The van der Waals surface area contributed by atoms with Gasteiger partial charge in [-0.1, -0.05) is 30.3 Å². The molecular weight excluding hydrogens is 493 g/mol. The number of piperidine rings is 1. The smallest absolute Gasteiger partial charge is 0.193 e. The molecule has 6 nitrogen and oxygen atoms in total. The molecule has 30 heavy (non-hydrogen) atoms. The third kappa shape index (κ3) is 10.4. The number of likely N-dealkylation sites (tertiary alicyclic amines) is 1. The Labute approximate surface area is 199 Å². The average Bonchev–Trinajstić information content (AvgIpc) is 2.77. The summed E-state index contributed by atoms with van der Waals surface area (Å²) in [5, 5.41) is 3.43. The van der Waals surface area contributed by atoms with Gasteiger partial charge in [-0.2, -0.15) is 0 Å². The second kappa shape index (κ2) is 16.8. The standard InChI is InChI=1S/C23H39N3O3.HI/c1-4-24-23(26-15-12-22(13-16-26)29-19-9-17-27-3)25-14-8-18-28-20(2)21-10-6-5-7-11-21;/h5-7,10-11,20,22H,4,8-9,12-19H2,1-3H3,(H,24,25);1H. The number of rotatable bonds is 12. The van der Waals surface area contributed by atoms with E-state index in [0.29, 0.717) is 6.10 Å². The van der Waals surface area contributed by atoms with Crippen molar-refractivity contribution in [2.45, 2.75) is 51.7 Å². The summed E-state index contributed by atoms with van der Waals surface area (Å²) in [6.07, 6.45) is 4.47. The second-order valence-electron chi connectivity index (χ2n) is 7.42. The van der Waals surface area contributed by atoms with Crippen LogP contribution in [0.5, 0.6) is 0 Å². The molecule has 0 spiro atoms. The molecule has 0 radical (unpaired) electrons. The first-order valence-electron chi connectivity index (χ1n) is 11.0. The summed E-state index contributed by atoms with van der Waals surface area (Å²) in [5.41, 5.74) is 1.22. The predicted octanol–water partition coefficient (Wildman–Crippen LogP) is 4.26. The number of methoxy groups -OCH3 is 1. The van der Waals surface area contributed by atoms with Crippen molar-refractivity contribution < 1.29 is 14.2 Å². The Morgan fingerprint density at radius 1 is 1.13 bits per heavy atom. The first-order valence-corrected chi connectivity index (χ1v) is 11.0. The fraction of sp³-hybridized carbons (Fsp3) is 0.696. The van der Waals surface area contributed by atoms with E-state index in [2.05, 4.69) is 48.3 Å². The lowest BCUT2D eigenvalue weighted by atomic mass is 10.1. The van der Waals surface area contributed by atoms with Crippen LogP contribution in [-0.2, 0) is 14.2 Å². The lowest BCUT2D eigenvalue weighted by Gasteiger charge is -2.34. The summed E-state index contributed by atoms with van der Waals surface area (Å²) >= 11 is 0. The largest absolute Gasteiger partial charge is 0.385 e. The van der Waals surface area contributed by atoms with Gasteiger partial charge in [-0.15, -0.1) is 24.0 Å². The van der Waals surface area contributed by atoms with Crippen molar-refractivity contribution in [2.75, 3.05) is 53.1 Å². The summed E-state index contributed by atoms with van der Waals surface area (Å²) in [4.78, 5) is 7.17. The van der Waals surface area contributed by atoms with Crippen LogP contribution in [0.2, 0.25) is 0 Å². The van der Waals surface area contributed by atoms with E-state index in [9.17, 15) is 0 Å². The van der Waals surface area contributed by atoms with E-state index in [4.69, 9.17) is 19.2 Å². The fourth-order valence-corrected chi connectivity index (χ4v) is 3.44. The molecule has 2 rings (SSSR count). The molecule has 172 valence electrons. The first-order chi connectivity index (χ1) is 14.2. The van der Waals surface area contributed by atoms with E-state index >= 15 is 0 Å². The molecule has 1 aromatic rings. The minimum atomic E-state index is 0. The maximum atomic E-state index is 5.96. The van der Waals surface area contributed by atoms with Crippen LogP contribution in [0.1, 0.15) is 51.2 Å². The maximum absolute atomic E-state index is 5.96. The highest BCUT2D eigenvalue weighted by Crippen LogP contribution is 2.16. The molecule has 1 fully saturated rings. The summed E-state index contributed by atoms with van der Waals surface area (Å²) in [6, 6.07) is 10.4. The summed E-state index contributed by atoms with van der Waals surface area (Å²) in [6.45, 7) is 10.1. The van der Waals surface area contributed by atoms with Gasteiger partial charge < -0.3 is 24.4 Å². The van der Waals surface area contributed by atoms with Crippen molar-refractivity contribution in [2.24, 2.45) is 4.99 Å². The van der Waals surface area contributed by atoms with E-state index in [1.54, 1.807) is 7.11 Å². The molecule has 1 N–H and O–H groups in total. The lowest BCUT2D eigenvalue weighted by molar-refractivity contribution is 0.00989. The number of ether oxygens (including phenoxy) is 3. The Morgan fingerprint density at radius 3 is 2.53 bits per heavy atom. The summed E-state index contributed by atoms with van der Waals surface area (Å²) in [5.74, 6) is 1.02. The molecule has 1 aliphatic heterocycles. The third-order valence-corrected chi connectivity index (χ3v) is 5.12. The zero-order valence-electron chi connectivity index (χ0n) is 18.8. The molecule has 0 saturated carbocycles. The number of guanidine groups is 1. The number of aliphatic imine (C=N–C) groups is 1. The van der Waals surface area contributed by atoms with Crippen molar-refractivity contribution in [3.63, 3.8) is 0 Å². The van der Waals surface area contributed by atoms with Gasteiger partial charge in [0.2, 0.25) is 0 Å². The summed E-state index contributed by atoms with van der Waals surface area (Å²) in [7, 11) is 1.73. The molecular formula is C23H40IN3O3. The normalized spacial score (nSPS) is 16.2. The molecule has 1 unspecified atom stereocenters. The highest BCUT2D eigenvalue weighted by atomic mass is 127. The zero-order chi connectivity index (χ0) is 20.7. The van der Waals surface area contributed by atoms with Gasteiger partial charge in [0.25, 0.3) is 0 Å². The van der Waals surface area contributed by atoms with Crippen LogP contribution in [0.3, 0.4) is 0 Å². The van der Waals surface area contributed by atoms with Gasteiger partial charge in [0.15, 0.2) is 5.96 Å². The number of nitrogens with zero attached hydrogens (tertiary/aromatic N) is 2. The topological polar surface area (TPSA) is 55.3 Å². The van der Waals surface area contributed by atoms with Gasteiger partial charge in [0.05, 0.1) is 12.2 Å². The number of hydrogen-bond acceptors (Lipinski definition) is 4. The molecule has 0 amide bonds. The highest BCUT2D eigenvalue weighted by molar-refractivity contribution is 14.0. The van der Waals surface area contributed by atoms with E-state index in [-0.39, 0.29) is 30.1 Å². The molecule has 1 aliphatic rings. The van der Waals surface area contributed by atoms with Crippen LogP contribution in [0.4, 0.5) is 0 Å². The molecule has 0 aliphatic carbocycles. The number of hydrogen-bond donors (Lipinski definition) is 1. The number of benzene rings is 1. The molecule has 1 atom stereocenters. The predicted molar refractivity (Wildman–Crippen MR) is 134 cm³/mol. The van der Waals surface area contributed by atoms with Crippen LogP contribution in [0, 0.1) is 0 Å². The first kappa shape index (κ1) is 27.1. The van der Waals surface area contributed by atoms with Gasteiger partial charge in [-0.3, -0.25) is 4.99 Å². The van der Waals surface area contributed by atoms with E-state index in [0.717, 1.165) is 77.6 Å². The summed E-state index contributed by atoms with van der Waals surface area (Å²) < 4.78 is 17.0. The third-order valence-electron chi connectivity index (χ3n) is 5.12. The van der Waals surface area contributed by atoms with Crippen LogP contribution >= 0.6 is 24.0 Å².